The number of nitrogens with one attached hydrogen (secondary N) is 1. The van der Waals surface area contributed by atoms with Crippen LogP contribution in [-0.2, 0) is 10.2 Å². The van der Waals surface area contributed by atoms with E-state index < -0.39 is 5.54 Å². The Hall–Kier alpha value is -1.75. The van der Waals surface area contributed by atoms with E-state index in [1.54, 1.807) is 14.2 Å². The van der Waals surface area contributed by atoms with Crippen LogP contribution in [0, 0.1) is 5.41 Å². The molecule has 0 aliphatic heterocycles. The van der Waals surface area contributed by atoms with Gasteiger partial charge in [-0.25, -0.2) is 0 Å². The quantitative estimate of drug-likeness (QED) is 0.782. The lowest BCUT2D eigenvalue weighted by Crippen LogP contribution is -2.68. The van der Waals surface area contributed by atoms with Crippen LogP contribution in [0.5, 0.6) is 11.5 Å². The van der Waals surface area contributed by atoms with E-state index in [4.69, 9.17) is 15.2 Å². The molecule has 1 spiro atoms. The minimum Gasteiger partial charge on any atom is -0.493 e. The zero-order valence-corrected chi connectivity index (χ0v) is 17.3. The molecule has 0 heterocycles. The topological polar surface area (TPSA) is 73.6 Å². The molecule has 0 aromatic heterocycles. The van der Waals surface area contributed by atoms with E-state index in [0.717, 1.165) is 37.2 Å². The Morgan fingerprint density at radius 3 is 2.25 bits per heavy atom. The summed E-state index contributed by atoms with van der Waals surface area (Å²) in [5.74, 6) is 1.52. The van der Waals surface area contributed by atoms with E-state index in [1.165, 1.54) is 44.1 Å². The van der Waals surface area contributed by atoms with Crippen molar-refractivity contribution >= 4 is 5.91 Å². The first-order valence-electron chi connectivity index (χ1n) is 10.7. The van der Waals surface area contributed by atoms with Crippen molar-refractivity contribution in [3.63, 3.8) is 0 Å². The number of benzene rings is 1. The fourth-order valence-electron chi connectivity index (χ4n) is 5.87. The zero-order valence-electron chi connectivity index (χ0n) is 17.3. The molecule has 0 atom stereocenters. The molecule has 3 aliphatic carbocycles. The molecule has 1 aromatic rings. The molecule has 0 radical (unpaired) electrons. The largest absolute Gasteiger partial charge is 0.493 e. The highest BCUT2D eigenvalue weighted by atomic mass is 16.5. The van der Waals surface area contributed by atoms with Gasteiger partial charge >= 0.3 is 0 Å². The summed E-state index contributed by atoms with van der Waals surface area (Å²) in [5.41, 5.74) is 7.36. The molecule has 3 N–H and O–H groups in total. The first-order valence-corrected chi connectivity index (χ1v) is 10.7. The van der Waals surface area contributed by atoms with Gasteiger partial charge in [-0.15, -0.1) is 0 Å². The summed E-state index contributed by atoms with van der Waals surface area (Å²) < 4.78 is 10.9. The highest BCUT2D eigenvalue weighted by Crippen LogP contribution is 2.59. The highest BCUT2D eigenvalue weighted by Gasteiger charge is 2.58. The molecule has 5 nitrogen and oxygen atoms in total. The second-order valence-electron chi connectivity index (χ2n) is 9.46. The maximum absolute atomic E-state index is 12.9. The monoisotopic (exact) mass is 386 g/mol. The van der Waals surface area contributed by atoms with Gasteiger partial charge < -0.3 is 20.5 Å². The van der Waals surface area contributed by atoms with Gasteiger partial charge in [0.1, 0.15) is 0 Å². The highest BCUT2D eigenvalue weighted by molar-refractivity contribution is 5.87. The SMILES string of the molecule is COc1ccc(C2(CNC(=O)C3(N)CC4(CCC4)C3)CCCCC2)cc1OC. The predicted molar refractivity (Wildman–Crippen MR) is 110 cm³/mol. The van der Waals surface area contributed by atoms with Gasteiger partial charge in [0.25, 0.3) is 0 Å². The first-order chi connectivity index (χ1) is 13.4. The molecule has 0 bridgehead atoms. The lowest BCUT2D eigenvalue weighted by molar-refractivity contribution is -0.141. The van der Waals surface area contributed by atoms with Crippen LogP contribution in [0.4, 0.5) is 0 Å². The maximum atomic E-state index is 12.9. The van der Waals surface area contributed by atoms with Gasteiger partial charge in [-0.1, -0.05) is 31.7 Å². The Kier molecular flexibility index (Phi) is 5.07. The van der Waals surface area contributed by atoms with Crippen molar-refractivity contribution in [1.82, 2.24) is 5.32 Å². The smallest absolute Gasteiger partial charge is 0.240 e. The summed E-state index contributed by atoms with van der Waals surface area (Å²) in [5, 5.41) is 3.25. The molecule has 3 saturated carbocycles. The van der Waals surface area contributed by atoms with Crippen LogP contribution in [0.3, 0.4) is 0 Å². The number of rotatable bonds is 6. The number of carbonyl (C=O) groups excluding carboxylic acids is 1. The number of amides is 1. The molecule has 3 aliphatic rings. The standard InChI is InChI=1S/C23H34N2O3/c1-27-18-8-7-17(13-19(18)28-2)22(11-4-3-5-12-22)16-25-20(26)23(24)14-21(15-23)9-6-10-21/h7-8,13H,3-6,9-12,14-16,24H2,1-2H3,(H,25,26). The Bertz CT molecular complexity index is 727. The fraction of sp³-hybridized carbons (Fsp3) is 0.696. The number of hydrogen-bond donors (Lipinski definition) is 2. The van der Waals surface area contributed by atoms with Gasteiger partial charge in [-0.2, -0.15) is 0 Å². The van der Waals surface area contributed by atoms with E-state index in [0.29, 0.717) is 12.0 Å². The minimum atomic E-state index is -0.659. The molecule has 1 aromatic carbocycles. The van der Waals surface area contributed by atoms with Gasteiger partial charge in [-0.05, 0) is 61.6 Å². The second-order valence-corrected chi connectivity index (χ2v) is 9.46. The second kappa shape index (κ2) is 7.25. The molecular formula is C23H34N2O3. The predicted octanol–water partition coefficient (Wildman–Crippen LogP) is 3.68. The van der Waals surface area contributed by atoms with Crippen LogP contribution < -0.4 is 20.5 Å². The zero-order chi connectivity index (χ0) is 19.8. The van der Waals surface area contributed by atoms with Crippen LogP contribution in [0.1, 0.15) is 69.8 Å². The molecule has 1 amide bonds. The molecule has 154 valence electrons. The summed E-state index contributed by atoms with van der Waals surface area (Å²) in [6.07, 6.45) is 11.3. The molecule has 28 heavy (non-hydrogen) atoms. The number of nitrogens with two attached hydrogens (primary N) is 1. The van der Waals surface area contributed by atoms with E-state index >= 15 is 0 Å². The number of ether oxygens (including phenoxy) is 2. The number of methoxy groups -OCH3 is 2. The molecule has 5 heteroatoms. The fourth-order valence-corrected chi connectivity index (χ4v) is 5.87. The van der Waals surface area contributed by atoms with Crippen molar-refractivity contribution < 1.29 is 14.3 Å². The van der Waals surface area contributed by atoms with Crippen LogP contribution in [0.2, 0.25) is 0 Å². The average molecular weight is 387 g/mol. The minimum absolute atomic E-state index is 0.0375. The molecule has 3 fully saturated rings. The van der Waals surface area contributed by atoms with Crippen molar-refractivity contribution in [3.8, 4) is 11.5 Å². The Morgan fingerprint density at radius 2 is 1.68 bits per heavy atom. The number of carbonyl (C=O) groups is 1. The van der Waals surface area contributed by atoms with Gasteiger partial charge in [0.15, 0.2) is 11.5 Å². The Morgan fingerprint density at radius 1 is 1.00 bits per heavy atom. The third kappa shape index (κ3) is 3.28. The van der Waals surface area contributed by atoms with E-state index in [2.05, 4.69) is 17.4 Å². The third-order valence-electron chi connectivity index (χ3n) is 7.64. The van der Waals surface area contributed by atoms with Crippen LogP contribution >= 0.6 is 0 Å². The lowest BCUT2D eigenvalue weighted by atomic mass is 9.48. The van der Waals surface area contributed by atoms with Gasteiger partial charge in [0.2, 0.25) is 5.91 Å². The van der Waals surface area contributed by atoms with Gasteiger partial charge in [0.05, 0.1) is 19.8 Å². The summed E-state index contributed by atoms with van der Waals surface area (Å²) in [7, 11) is 3.32. The van der Waals surface area contributed by atoms with E-state index in [-0.39, 0.29) is 11.3 Å². The van der Waals surface area contributed by atoms with Crippen LogP contribution in [0.15, 0.2) is 18.2 Å². The van der Waals surface area contributed by atoms with Crippen molar-refractivity contribution in [1.29, 1.82) is 0 Å². The Balaban J connectivity index is 1.49. The van der Waals surface area contributed by atoms with Crippen molar-refractivity contribution in [2.45, 2.75) is 75.2 Å². The first kappa shape index (κ1) is 19.6. The van der Waals surface area contributed by atoms with E-state index in [1.807, 2.05) is 6.07 Å². The van der Waals surface area contributed by atoms with Crippen molar-refractivity contribution in [2.75, 3.05) is 20.8 Å². The van der Waals surface area contributed by atoms with Crippen molar-refractivity contribution in [2.24, 2.45) is 11.1 Å². The van der Waals surface area contributed by atoms with Crippen LogP contribution in [0.25, 0.3) is 0 Å². The summed E-state index contributed by atoms with van der Waals surface area (Å²) in [4.78, 5) is 12.9. The van der Waals surface area contributed by atoms with Gasteiger partial charge in [-0.3, -0.25) is 4.79 Å². The summed E-state index contributed by atoms with van der Waals surface area (Å²) in [6.45, 7) is 0.646. The van der Waals surface area contributed by atoms with E-state index in [9.17, 15) is 4.79 Å². The lowest BCUT2D eigenvalue weighted by Gasteiger charge is -2.58. The normalized spacial score (nSPS) is 24.0. The number of hydrogen-bond acceptors (Lipinski definition) is 4. The molecule has 0 saturated heterocycles. The van der Waals surface area contributed by atoms with Gasteiger partial charge in [0, 0.05) is 12.0 Å². The summed E-state index contributed by atoms with van der Waals surface area (Å²) >= 11 is 0. The Labute approximate surface area is 168 Å². The molecule has 0 unspecified atom stereocenters. The maximum Gasteiger partial charge on any atom is 0.240 e. The average Bonchev–Trinajstić information content (AvgIpc) is 2.68. The van der Waals surface area contributed by atoms with Crippen molar-refractivity contribution in [3.05, 3.63) is 23.8 Å². The molecule has 4 rings (SSSR count). The molecular weight excluding hydrogens is 352 g/mol. The third-order valence-corrected chi connectivity index (χ3v) is 7.64. The summed E-state index contributed by atoms with van der Waals surface area (Å²) in [6, 6.07) is 6.19. The van der Waals surface area contributed by atoms with Crippen LogP contribution in [-0.4, -0.2) is 32.2 Å².